The van der Waals surface area contributed by atoms with Crippen molar-refractivity contribution in [1.82, 2.24) is 44.8 Å². The highest BCUT2D eigenvalue weighted by Gasteiger charge is 2.35. The number of para-hydroxylation sites is 1. The molecule has 4 amide bonds. The minimum atomic E-state index is -0.498. The molecule has 4 aromatic heterocycles. The Morgan fingerprint density at radius 1 is 0.414 bits per heavy atom. The van der Waals surface area contributed by atoms with Gasteiger partial charge in [0.15, 0.2) is 11.5 Å². The number of hydrogen-bond donors (Lipinski definition) is 1. The van der Waals surface area contributed by atoms with E-state index in [0.717, 1.165) is 37.2 Å². The molecule has 3 fully saturated rings. The van der Waals surface area contributed by atoms with Crippen LogP contribution >= 0.6 is 0 Å². The number of halogens is 5. The lowest BCUT2D eigenvalue weighted by molar-refractivity contribution is 0.0689. The van der Waals surface area contributed by atoms with E-state index in [4.69, 9.17) is 33.7 Å². The summed E-state index contributed by atoms with van der Waals surface area (Å²) in [6.07, 6.45) is 7.74. The average molecular weight is 1810 g/mol. The summed E-state index contributed by atoms with van der Waals surface area (Å²) in [5, 5.41) is 2.98. The second-order valence-corrected chi connectivity index (χ2v) is 32.8. The summed E-state index contributed by atoms with van der Waals surface area (Å²) in [7, 11) is 1.59. The number of methoxy groups -OCH3 is 1. The van der Waals surface area contributed by atoms with Crippen molar-refractivity contribution in [2.75, 3.05) is 114 Å². The summed E-state index contributed by atoms with van der Waals surface area (Å²) < 4.78 is 99.6. The predicted molar refractivity (Wildman–Crippen MR) is 508 cm³/mol. The molecule has 0 radical (unpaired) electrons. The molecular formula is C103H107F5N16O9. The fourth-order valence-electron chi connectivity index (χ4n) is 15.7. The van der Waals surface area contributed by atoms with E-state index in [1.54, 1.807) is 142 Å². The van der Waals surface area contributed by atoms with Crippen LogP contribution in [0, 0.1) is 36.0 Å². The van der Waals surface area contributed by atoms with E-state index in [2.05, 4.69) is 40.1 Å². The topological polar surface area (TPSA) is 252 Å². The first-order chi connectivity index (χ1) is 64.4. The Morgan fingerprint density at radius 3 is 1.32 bits per heavy atom. The Hall–Kier alpha value is -14.7. The van der Waals surface area contributed by atoms with Crippen LogP contribution in [-0.2, 0) is 16.0 Å². The molecule has 30 heteroatoms. The van der Waals surface area contributed by atoms with Crippen molar-refractivity contribution in [3.8, 4) is 62.3 Å². The average Bonchev–Trinajstić information content (AvgIpc) is 0.860. The number of carbonyl (C=O) groups excluding carboxylic acids is 4. The zero-order valence-corrected chi connectivity index (χ0v) is 75.8. The van der Waals surface area contributed by atoms with Gasteiger partial charge in [-0.05, 0) is 208 Å². The lowest BCUT2D eigenvalue weighted by Crippen LogP contribution is -2.39. The van der Waals surface area contributed by atoms with E-state index in [1.807, 2.05) is 145 Å². The van der Waals surface area contributed by atoms with Gasteiger partial charge in [0.1, 0.15) is 34.8 Å². The van der Waals surface area contributed by atoms with Gasteiger partial charge in [-0.3, -0.25) is 19.2 Å². The standard InChI is InChI=1S/C27H24F2N4O.C26H29FN4O.C25H25FN4O4.C25H27FN4O3.H2/c1-18(2)33(17-19-8-4-3-5-9-19)26(34)23-16-30-27(31-21-14-12-20(28)13-15-21)32-25(23)22-10-6-7-11-24(22)29;1-18(2)31(20-12-6-4-7-13-20)25(32)23-19(3)28-26(30-16-10-5-11-17-30)29-24(23)21-14-8-9-15-22(21)27;1-16(2)30(17-7-8-21-22(13-17)34-15-33-21)24(31)19-14-27-25(29-9-11-32-12-10-29)28-23(19)18-5-3-4-6-20(18)26;1-17(2)30(18-8-10-19(32-3)11-9-18)24(31)21-16-27-25(29-12-14-33-15-13-29)28-23(21)20-6-4-5-7-22(20)26;/h3-16,18H,17H2,1-2H3,(H,30,31,32);4,6-9,12-15,18H,5,10-11,16-17H2,1-3H3;3-8,13-14,16H,9-12,15H2,1-2H3;4-11,16-17H,12-15H2,1-3H3;1H. The van der Waals surface area contributed by atoms with Crippen molar-refractivity contribution in [2.24, 2.45) is 0 Å². The number of anilines is 8. The molecule has 0 saturated carbocycles. The number of hydrogen-bond acceptors (Lipinski definition) is 21. The highest BCUT2D eigenvalue weighted by Crippen LogP contribution is 2.40. The summed E-state index contributed by atoms with van der Waals surface area (Å²) in [5.74, 6) is 0.184. The van der Waals surface area contributed by atoms with Gasteiger partial charge in [0.05, 0.1) is 84.3 Å². The molecule has 1 N–H and O–H groups in total. The number of morpholine rings is 2. The maximum atomic E-state index is 14.9. The molecule has 3 saturated heterocycles. The van der Waals surface area contributed by atoms with Crippen LogP contribution in [0.2, 0.25) is 0 Å². The molecule has 25 nitrogen and oxygen atoms in total. The van der Waals surface area contributed by atoms with Crippen LogP contribution < -0.4 is 48.9 Å². The first-order valence-electron chi connectivity index (χ1n) is 44.3. The van der Waals surface area contributed by atoms with Crippen LogP contribution in [0.3, 0.4) is 0 Å². The molecule has 4 aliphatic rings. The molecular weight excluding hydrogens is 1700 g/mol. The number of rotatable bonds is 23. The van der Waals surface area contributed by atoms with E-state index in [0.29, 0.717) is 134 Å². The minimum Gasteiger partial charge on any atom is -0.497 e. The number of ether oxygens (including phenoxy) is 5. The van der Waals surface area contributed by atoms with Gasteiger partial charge >= 0.3 is 0 Å². The summed E-state index contributed by atoms with van der Waals surface area (Å²) >= 11 is 0. The van der Waals surface area contributed by atoms with Gasteiger partial charge in [-0.1, -0.05) is 97.1 Å². The van der Waals surface area contributed by atoms with Gasteiger partial charge in [0, 0.05) is 141 Å². The molecule has 0 atom stereocenters. The van der Waals surface area contributed by atoms with Crippen LogP contribution in [-0.4, -0.2) is 172 Å². The number of nitrogens with one attached hydrogen (secondary N) is 1. The molecule has 0 unspecified atom stereocenters. The Balaban J connectivity index is 0.000000151. The largest absolute Gasteiger partial charge is 0.497 e. The second kappa shape index (κ2) is 44.3. The summed E-state index contributed by atoms with van der Waals surface area (Å²) in [6.45, 7) is 24.3. The predicted octanol–water partition coefficient (Wildman–Crippen LogP) is 20.2. The number of amides is 4. The smallest absolute Gasteiger partial charge is 0.262 e. The van der Waals surface area contributed by atoms with Crippen LogP contribution in [0.1, 0.15) is 129 Å². The third-order valence-electron chi connectivity index (χ3n) is 22.5. The highest BCUT2D eigenvalue weighted by molar-refractivity contribution is 6.12. The summed E-state index contributed by atoms with van der Waals surface area (Å²) in [6, 6.07) is 62.2. The Labute approximate surface area is 771 Å². The zero-order valence-electron chi connectivity index (χ0n) is 75.8. The minimum absolute atomic E-state index is 0. The van der Waals surface area contributed by atoms with Crippen LogP contribution in [0.15, 0.2) is 243 Å². The Morgan fingerprint density at radius 2 is 0.827 bits per heavy atom. The van der Waals surface area contributed by atoms with E-state index < -0.39 is 23.3 Å². The second-order valence-electron chi connectivity index (χ2n) is 32.8. The quantitative estimate of drug-likeness (QED) is 0.0584. The Kier molecular flexibility index (Phi) is 31.5. The van der Waals surface area contributed by atoms with Crippen molar-refractivity contribution in [3.63, 3.8) is 0 Å². The normalized spacial score (nSPS) is 13.4. The van der Waals surface area contributed by atoms with Crippen LogP contribution in [0.5, 0.6) is 17.2 Å². The van der Waals surface area contributed by atoms with Gasteiger partial charge in [-0.15, -0.1) is 0 Å². The van der Waals surface area contributed by atoms with Gasteiger partial charge < -0.3 is 63.3 Å². The molecule has 0 spiro atoms. The van der Waals surface area contributed by atoms with Crippen LogP contribution in [0.25, 0.3) is 45.0 Å². The van der Waals surface area contributed by atoms with Crippen molar-refractivity contribution < 1.29 is 66.2 Å². The molecule has 13 aromatic rings. The van der Waals surface area contributed by atoms with Gasteiger partial charge in [-0.25, -0.2) is 61.8 Å². The van der Waals surface area contributed by atoms with E-state index in [-0.39, 0.29) is 118 Å². The summed E-state index contributed by atoms with van der Waals surface area (Å²) in [4.78, 5) is 105. The van der Waals surface area contributed by atoms with E-state index in [1.165, 1.54) is 61.4 Å². The number of aryl methyl sites for hydroxylation is 1. The first-order valence-corrected chi connectivity index (χ1v) is 44.3. The van der Waals surface area contributed by atoms with Crippen LogP contribution in [0.4, 0.5) is 68.5 Å². The molecule has 133 heavy (non-hydrogen) atoms. The third-order valence-corrected chi connectivity index (χ3v) is 22.5. The molecule has 4 aliphatic heterocycles. The SMILES string of the molecule is CC(C)N(C(=O)c1cnc(N2CCOCC2)nc1-c1ccccc1F)c1ccc2c(c1)OCO2.CC(C)N(Cc1ccccc1)C(=O)c1cnc(Nc2ccc(F)cc2)nc1-c1ccccc1F.COc1ccc(N(C(=O)c2cnc(N3CCOCC3)nc2-c2ccccc2F)C(C)C)cc1.Cc1nc(N2CCCCC2)nc(-c2ccccc2F)c1C(=O)N(c1ccccc1)C(C)C.[HH]. The van der Waals surface area contributed by atoms with Crippen molar-refractivity contribution in [2.45, 2.75) is 112 Å². The lowest BCUT2D eigenvalue weighted by Gasteiger charge is -2.30. The van der Waals surface area contributed by atoms with Crippen molar-refractivity contribution in [1.29, 1.82) is 0 Å². The third kappa shape index (κ3) is 22.9. The number of carbonyl (C=O) groups is 4. The maximum Gasteiger partial charge on any atom is 0.262 e. The highest BCUT2D eigenvalue weighted by atomic mass is 19.1. The fourth-order valence-corrected chi connectivity index (χ4v) is 15.7. The first kappa shape index (κ1) is 94.5. The number of aromatic nitrogens is 8. The monoisotopic (exact) mass is 1810 g/mol. The van der Waals surface area contributed by atoms with Crippen molar-refractivity contribution >= 4 is 70.2 Å². The molecule has 17 rings (SSSR count). The van der Waals surface area contributed by atoms with E-state index in [9.17, 15) is 41.1 Å². The molecule has 9 aromatic carbocycles. The molecule has 8 heterocycles. The lowest BCUT2D eigenvalue weighted by atomic mass is 10.0. The fraction of sp³-hybridized carbons (Fsp3) is 0.282. The molecule has 688 valence electrons. The van der Waals surface area contributed by atoms with Gasteiger partial charge in [0.2, 0.25) is 30.6 Å². The number of nitrogens with zero attached hydrogens (tertiary/aromatic N) is 15. The van der Waals surface area contributed by atoms with Crippen molar-refractivity contribution in [3.05, 3.63) is 306 Å². The Bertz CT molecular complexity index is 6200. The number of benzene rings is 9. The maximum absolute atomic E-state index is 14.9. The van der Waals surface area contributed by atoms with E-state index >= 15 is 0 Å². The van der Waals surface area contributed by atoms with Gasteiger partial charge in [-0.2, -0.15) is 0 Å². The van der Waals surface area contributed by atoms with Gasteiger partial charge in [0.25, 0.3) is 23.6 Å². The zero-order chi connectivity index (χ0) is 93.8. The number of fused-ring (bicyclic) bond motifs is 1. The molecule has 0 bridgehead atoms. The number of piperidine rings is 1. The molecule has 0 aliphatic carbocycles. The summed E-state index contributed by atoms with van der Waals surface area (Å²) in [5.41, 5.74) is 7.29.